The van der Waals surface area contributed by atoms with Gasteiger partial charge in [0, 0.05) is 38.9 Å². The average molecular weight is 316 g/mol. The van der Waals surface area contributed by atoms with Crippen LogP contribution in [0.1, 0.15) is 5.56 Å². The monoisotopic (exact) mass is 316 g/mol. The van der Waals surface area contributed by atoms with Gasteiger partial charge in [0.2, 0.25) is 5.91 Å². The van der Waals surface area contributed by atoms with E-state index < -0.39 is 0 Å². The molecule has 2 aromatic heterocycles. The molecule has 0 atom stereocenters. The van der Waals surface area contributed by atoms with Gasteiger partial charge in [0.1, 0.15) is 18.7 Å². The van der Waals surface area contributed by atoms with Crippen molar-refractivity contribution in [3.05, 3.63) is 30.2 Å². The Balaban J connectivity index is 1.54. The Kier molecular flexibility index (Phi) is 4.77. The lowest BCUT2D eigenvalue weighted by Crippen LogP contribution is -2.44. The molecule has 1 aliphatic heterocycles. The Morgan fingerprint density at radius 1 is 1.30 bits per heavy atom. The summed E-state index contributed by atoms with van der Waals surface area (Å²) in [6.45, 7) is 4.59. The number of anilines is 1. The topological polar surface area (TPSA) is 92.1 Å². The summed E-state index contributed by atoms with van der Waals surface area (Å²) in [7, 11) is 2.13. The highest BCUT2D eigenvalue weighted by atomic mass is 16.2. The maximum atomic E-state index is 11.8. The molecule has 9 heteroatoms. The zero-order valence-corrected chi connectivity index (χ0v) is 13.1. The molecule has 1 amide bonds. The van der Waals surface area contributed by atoms with Crippen LogP contribution in [0.15, 0.2) is 24.7 Å². The number of carbonyl (C=O) groups excluding carboxylic acids is 1. The van der Waals surface area contributed by atoms with E-state index >= 15 is 0 Å². The Labute approximate surface area is 134 Å². The Hall–Kier alpha value is -2.55. The number of hydrogen-bond donors (Lipinski definition) is 1. The summed E-state index contributed by atoms with van der Waals surface area (Å²) in [5.74, 6) is 0.834. The van der Waals surface area contributed by atoms with Crippen LogP contribution in [-0.4, -0.2) is 69.2 Å². The van der Waals surface area contributed by atoms with Crippen LogP contribution in [-0.2, 0) is 17.9 Å². The molecule has 0 aromatic carbocycles. The summed E-state index contributed by atoms with van der Waals surface area (Å²) >= 11 is 0. The van der Waals surface area contributed by atoms with Crippen molar-refractivity contribution < 1.29 is 4.79 Å². The normalized spacial score (nSPS) is 15.6. The Bertz CT molecular complexity index is 636. The Morgan fingerprint density at radius 2 is 2.13 bits per heavy atom. The van der Waals surface area contributed by atoms with Gasteiger partial charge in [-0.05, 0) is 35.2 Å². The third-order valence-electron chi connectivity index (χ3n) is 3.82. The summed E-state index contributed by atoms with van der Waals surface area (Å²) in [4.78, 5) is 20.9. The lowest BCUT2D eigenvalue weighted by atomic mass is 10.2. The molecule has 0 radical (unpaired) electrons. The second-order valence-corrected chi connectivity index (χ2v) is 5.60. The van der Waals surface area contributed by atoms with Crippen LogP contribution in [0.5, 0.6) is 0 Å². The van der Waals surface area contributed by atoms with Gasteiger partial charge in [0.25, 0.3) is 0 Å². The van der Waals surface area contributed by atoms with Crippen molar-refractivity contribution in [3.63, 3.8) is 0 Å². The van der Waals surface area contributed by atoms with E-state index in [-0.39, 0.29) is 12.5 Å². The fourth-order valence-electron chi connectivity index (χ4n) is 2.44. The van der Waals surface area contributed by atoms with Gasteiger partial charge in [0.15, 0.2) is 0 Å². The van der Waals surface area contributed by atoms with Gasteiger partial charge in [-0.2, -0.15) is 0 Å². The van der Waals surface area contributed by atoms with Crippen LogP contribution in [0.2, 0.25) is 0 Å². The largest absolute Gasteiger partial charge is 0.354 e. The molecule has 0 bridgehead atoms. The molecule has 0 saturated carbocycles. The number of hydrogen-bond acceptors (Lipinski definition) is 7. The summed E-state index contributed by atoms with van der Waals surface area (Å²) in [5, 5.41) is 13.5. The van der Waals surface area contributed by atoms with E-state index in [1.165, 1.54) is 11.0 Å². The molecule has 9 nitrogen and oxygen atoms in total. The van der Waals surface area contributed by atoms with Crippen LogP contribution in [0, 0.1) is 0 Å². The van der Waals surface area contributed by atoms with Crippen molar-refractivity contribution >= 4 is 11.7 Å². The molecule has 1 aliphatic rings. The van der Waals surface area contributed by atoms with Crippen molar-refractivity contribution in [1.29, 1.82) is 0 Å². The zero-order valence-electron chi connectivity index (χ0n) is 13.1. The fourth-order valence-corrected chi connectivity index (χ4v) is 2.44. The molecule has 0 unspecified atom stereocenters. The lowest BCUT2D eigenvalue weighted by Gasteiger charge is -2.33. The molecule has 1 fully saturated rings. The van der Waals surface area contributed by atoms with Crippen LogP contribution >= 0.6 is 0 Å². The number of tetrazole rings is 1. The molecule has 0 aliphatic carbocycles. The predicted molar refractivity (Wildman–Crippen MR) is 83.6 cm³/mol. The maximum absolute atomic E-state index is 11.8. The molecular formula is C14H20N8O. The second kappa shape index (κ2) is 7.14. The number of nitrogens with zero attached hydrogens (tertiary/aromatic N) is 7. The van der Waals surface area contributed by atoms with Crippen molar-refractivity contribution in [2.45, 2.75) is 13.1 Å². The summed E-state index contributed by atoms with van der Waals surface area (Å²) in [6, 6.07) is 3.94. The van der Waals surface area contributed by atoms with Gasteiger partial charge in [0.05, 0.1) is 0 Å². The van der Waals surface area contributed by atoms with Gasteiger partial charge >= 0.3 is 0 Å². The number of aromatic nitrogens is 5. The van der Waals surface area contributed by atoms with Crippen molar-refractivity contribution in [2.75, 3.05) is 38.1 Å². The quantitative estimate of drug-likeness (QED) is 0.767. The molecule has 3 rings (SSSR count). The minimum absolute atomic E-state index is 0.114. The first-order valence-corrected chi connectivity index (χ1v) is 7.56. The van der Waals surface area contributed by atoms with Gasteiger partial charge in [-0.1, -0.05) is 0 Å². The molecule has 1 saturated heterocycles. The minimum atomic E-state index is -0.129. The van der Waals surface area contributed by atoms with Crippen molar-refractivity contribution in [1.82, 2.24) is 35.4 Å². The summed E-state index contributed by atoms with van der Waals surface area (Å²) in [6.07, 6.45) is 3.20. The van der Waals surface area contributed by atoms with Gasteiger partial charge in [-0.15, -0.1) is 5.10 Å². The number of rotatable bonds is 5. The molecular weight excluding hydrogens is 296 g/mol. The summed E-state index contributed by atoms with van der Waals surface area (Å²) in [5.41, 5.74) is 1.03. The SMILES string of the molecule is CN1CCN(c2cc(CNC(=O)Cn3cnnn3)ccn2)CC1. The number of pyridine rings is 1. The first-order valence-electron chi connectivity index (χ1n) is 7.56. The van der Waals surface area contributed by atoms with Gasteiger partial charge in [-0.25, -0.2) is 9.67 Å². The molecule has 3 heterocycles. The smallest absolute Gasteiger partial charge is 0.242 e. The van der Waals surface area contributed by atoms with Crippen LogP contribution in [0.3, 0.4) is 0 Å². The molecule has 122 valence electrons. The van der Waals surface area contributed by atoms with E-state index in [9.17, 15) is 4.79 Å². The van der Waals surface area contributed by atoms with Crippen molar-refractivity contribution in [3.8, 4) is 0 Å². The minimum Gasteiger partial charge on any atom is -0.354 e. The predicted octanol–water partition coefficient (Wildman–Crippen LogP) is -0.864. The Morgan fingerprint density at radius 3 is 2.87 bits per heavy atom. The number of carbonyl (C=O) groups is 1. The summed E-state index contributed by atoms with van der Waals surface area (Å²) < 4.78 is 1.39. The fraction of sp³-hybridized carbons (Fsp3) is 0.500. The standard InChI is InChI=1S/C14H20N8O/c1-20-4-6-21(7-5-20)13-8-12(2-3-15-13)9-16-14(23)10-22-11-17-18-19-22/h2-3,8,11H,4-7,9-10H2,1H3,(H,16,23). The van der Waals surface area contributed by atoms with E-state index in [1.54, 1.807) is 6.20 Å². The molecule has 0 spiro atoms. The third-order valence-corrected chi connectivity index (χ3v) is 3.82. The third kappa shape index (κ3) is 4.22. The number of likely N-dealkylation sites (N-methyl/N-ethyl adjacent to an activating group) is 1. The number of amides is 1. The lowest BCUT2D eigenvalue weighted by molar-refractivity contribution is -0.122. The van der Waals surface area contributed by atoms with E-state index in [1.807, 2.05) is 12.1 Å². The molecule has 23 heavy (non-hydrogen) atoms. The van der Waals surface area contributed by atoms with Crippen LogP contribution in [0.25, 0.3) is 0 Å². The van der Waals surface area contributed by atoms with Crippen molar-refractivity contribution in [2.24, 2.45) is 0 Å². The number of piperazine rings is 1. The first-order chi connectivity index (χ1) is 11.2. The molecule has 1 N–H and O–H groups in total. The zero-order chi connectivity index (χ0) is 16.1. The highest BCUT2D eigenvalue weighted by Gasteiger charge is 2.15. The highest BCUT2D eigenvalue weighted by molar-refractivity contribution is 5.75. The number of nitrogens with one attached hydrogen (secondary N) is 1. The van der Waals surface area contributed by atoms with E-state index in [0.29, 0.717) is 6.54 Å². The second-order valence-electron chi connectivity index (χ2n) is 5.60. The average Bonchev–Trinajstić information content (AvgIpc) is 3.07. The van der Waals surface area contributed by atoms with Gasteiger partial charge in [-0.3, -0.25) is 4.79 Å². The van der Waals surface area contributed by atoms with E-state index in [4.69, 9.17) is 0 Å². The van der Waals surface area contributed by atoms with E-state index in [0.717, 1.165) is 37.6 Å². The molecule has 2 aromatic rings. The maximum Gasteiger partial charge on any atom is 0.242 e. The van der Waals surface area contributed by atoms with E-state index in [2.05, 4.69) is 42.7 Å². The van der Waals surface area contributed by atoms with Crippen LogP contribution < -0.4 is 10.2 Å². The van der Waals surface area contributed by atoms with Crippen LogP contribution in [0.4, 0.5) is 5.82 Å². The highest BCUT2D eigenvalue weighted by Crippen LogP contribution is 2.14. The first kappa shape index (κ1) is 15.3. The van der Waals surface area contributed by atoms with Gasteiger partial charge < -0.3 is 15.1 Å².